The predicted molar refractivity (Wildman–Crippen MR) is 101 cm³/mol. The maximum absolute atomic E-state index is 12.6. The fraction of sp³-hybridized carbons (Fsp3) is 0.263. The molecule has 2 atom stereocenters. The zero-order chi connectivity index (χ0) is 17.1. The van der Waals surface area contributed by atoms with Crippen molar-refractivity contribution in [3.63, 3.8) is 0 Å². The van der Waals surface area contributed by atoms with E-state index in [0.717, 1.165) is 28.0 Å². The highest BCUT2D eigenvalue weighted by atomic mass is 32.2. The van der Waals surface area contributed by atoms with Crippen LogP contribution in [0.1, 0.15) is 17.2 Å². The van der Waals surface area contributed by atoms with Gasteiger partial charge in [-0.3, -0.25) is 15.2 Å². The van der Waals surface area contributed by atoms with E-state index in [-0.39, 0.29) is 18.0 Å². The Morgan fingerprint density at radius 1 is 1.20 bits per heavy atom. The normalized spacial score (nSPS) is 20.5. The molecule has 25 heavy (non-hydrogen) atoms. The van der Waals surface area contributed by atoms with Crippen LogP contribution in [0.2, 0.25) is 0 Å². The molecule has 2 aromatic carbocycles. The third-order valence-electron chi connectivity index (χ3n) is 4.46. The average molecular weight is 352 g/mol. The van der Waals surface area contributed by atoms with Crippen LogP contribution in [0.15, 0.2) is 54.7 Å². The molecule has 1 aromatic heterocycles. The minimum atomic E-state index is -0.165. The van der Waals surface area contributed by atoms with Crippen molar-refractivity contribution in [1.82, 2.24) is 20.8 Å². The monoisotopic (exact) mass is 352 g/mol. The van der Waals surface area contributed by atoms with E-state index in [1.807, 2.05) is 42.1 Å². The van der Waals surface area contributed by atoms with E-state index < -0.39 is 0 Å². The first-order chi connectivity index (χ1) is 12.3. The summed E-state index contributed by atoms with van der Waals surface area (Å²) >= 11 is 1.82. The fourth-order valence-electron chi connectivity index (χ4n) is 3.09. The molecular weight excluding hydrogens is 332 g/mol. The molecule has 1 saturated heterocycles. The highest BCUT2D eigenvalue weighted by molar-refractivity contribution is 7.99. The Morgan fingerprint density at radius 2 is 2.08 bits per heavy atom. The van der Waals surface area contributed by atoms with E-state index >= 15 is 0 Å². The lowest BCUT2D eigenvalue weighted by Gasteiger charge is -2.30. The quantitative estimate of drug-likeness (QED) is 0.675. The van der Waals surface area contributed by atoms with Gasteiger partial charge in [-0.15, -0.1) is 0 Å². The number of hydrogen-bond donors (Lipinski definition) is 3. The summed E-state index contributed by atoms with van der Waals surface area (Å²) in [6.07, 6.45) is 1.80. The van der Waals surface area contributed by atoms with E-state index in [1.165, 1.54) is 5.56 Å². The number of fused-ring (bicyclic) bond motifs is 1. The summed E-state index contributed by atoms with van der Waals surface area (Å²) in [7, 11) is 0. The lowest BCUT2D eigenvalue weighted by Crippen LogP contribution is -2.50. The van der Waals surface area contributed by atoms with Gasteiger partial charge in [0, 0.05) is 29.5 Å². The summed E-state index contributed by atoms with van der Waals surface area (Å²) in [4.78, 5) is 12.6. The van der Waals surface area contributed by atoms with Crippen molar-refractivity contribution in [2.45, 2.75) is 18.6 Å². The molecule has 6 heteroatoms. The molecule has 1 unspecified atom stereocenters. The van der Waals surface area contributed by atoms with Crippen LogP contribution in [0.3, 0.4) is 0 Å². The van der Waals surface area contributed by atoms with Gasteiger partial charge in [0.1, 0.15) is 0 Å². The molecule has 0 spiro atoms. The van der Waals surface area contributed by atoms with Gasteiger partial charge in [-0.1, -0.05) is 36.4 Å². The van der Waals surface area contributed by atoms with Gasteiger partial charge in [-0.2, -0.15) is 16.9 Å². The van der Waals surface area contributed by atoms with Crippen LogP contribution in [0, 0.1) is 0 Å². The molecule has 0 aliphatic carbocycles. The largest absolute Gasteiger partial charge is 0.351 e. The second-order valence-corrected chi connectivity index (χ2v) is 7.30. The number of aromatic amines is 1. The average Bonchev–Trinajstić information content (AvgIpc) is 3.15. The number of carbonyl (C=O) groups is 1. The molecule has 1 aliphatic rings. The maximum atomic E-state index is 12.6. The summed E-state index contributed by atoms with van der Waals surface area (Å²) in [5, 5.41) is 14.5. The number of aromatic nitrogens is 2. The first kappa shape index (κ1) is 16.2. The topological polar surface area (TPSA) is 69.8 Å². The van der Waals surface area contributed by atoms with E-state index in [2.05, 4.69) is 39.0 Å². The molecule has 1 aliphatic heterocycles. The highest BCUT2D eigenvalue weighted by Crippen LogP contribution is 2.24. The van der Waals surface area contributed by atoms with Crippen molar-refractivity contribution in [3.05, 3.63) is 65.9 Å². The second kappa shape index (κ2) is 7.29. The lowest BCUT2D eigenvalue weighted by molar-refractivity contribution is -0.123. The number of nitrogens with zero attached hydrogens (tertiary/aromatic N) is 1. The third kappa shape index (κ3) is 3.70. The molecule has 1 amide bonds. The number of amides is 1. The Labute approximate surface area is 150 Å². The summed E-state index contributed by atoms with van der Waals surface area (Å²) in [6, 6.07) is 16.4. The highest BCUT2D eigenvalue weighted by Gasteiger charge is 2.27. The predicted octanol–water partition coefficient (Wildman–Crippen LogP) is 2.63. The molecule has 1 fully saturated rings. The van der Waals surface area contributed by atoms with Crippen LogP contribution in [-0.2, 0) is 11.3 Å². The number of thioether (sulfide) groups is 1. The van der Waals surface area contributed by atoms with Gasteiger partial charge in [0.2, 0.25) is 5.91 Å². The zero-order valence-electron chi connectivity index (χ0n) is 13.7. The Balaban J connectivity index is 1.37. The van der Waals surface area contributed by atoms with Gasteiger partial charge in [-0.25, -0.2) is 0 Å². The smallest absolute Gasteiger partial charge is 0.238 e. The fourth-order valence-corrected chi connectivity index (χ4v) is 4.23. The summed E-state index contributed by atoms with van der Waals surface area (Å²) in [5.41, 5.74) is 3.31. The molecule has 0 bridgehead atoms. The van der Waals surface area contributed by atoms with Crippen LogP contribution in [0.4, 0.5) is 0 Å². The van der Waals surface area contributed by atoms with E-state index in [0.29, 0.717) is 6.54 Å². The van der Waals surface area contributed by atoms with Crippen LogP contribution in [0.5, 0.6) is 0 Å². The standard InChI is InChI=1S/C19H20N4OS/c24-19(20-9-13-6-7-16-15(8-13)10-21-23-16)18-12-25-11-17(22-18)14-4-2-1-3-5-14/h1-8,10,17-18,22H,9,11-12H2,(H,20,24)(H,21,23)/t17?,18-/m0/s1. The molecule has 0 saturated carbocycles. The Bertz CT molecular complexity index is 864. The van der Waals surface area contributed by atoms with Gasteiger partial charge >= 0.3 is 0 Å². The van der Waals surface area contributed by atoms with Gasteiger partial charge in [0.25, 0.3) is 0 Å². The van der Waals surface area contributed by atoms with Crippen molar-refractivity contribution in [2.75, 3.05) is 11.5 Å². The van der Waals surface area contributed by atoms with Crippen molar-refractivity contribution in [3.8, 4) is 0 Å². The minimum Gasteiger partial charge on any atom is -0.351 e. The summed E-state index contributed by atoms with van der Waals surface area (Å²) in [5.74, 6) is 1.85. The summed E-state index contributed by atoms with van der Waals surface area (Å²) in [6.45, 7) is 0.527. The molecule has 2 heterocycles. The van der Waals surface area contributed by atoms with Crippen LogP contribution in [-0.4, -0.2) is 33.7 Å². The van der Waals surface area contributed by atoms with Gasteiger partial charge in [0.05, 0.1) is 17.8 Å². The first-order valence-corrected chi connectivity index (χ1v) is 9.53. The Kier molecular flexibility index (Phi) is 4.72. The van der Waals surface area contributed by atoms with Crippen LogP contribution >= 0.6 is 11.8 Å². The molecule has 5 nitrogen and oxygen atoms in total. The SMILES string of the molecule is O=C(NCc1ccc2[nH]ncc2c1)[C@@H]1CSCC(c2ccccc2)N1. The number of hydrogen-bond acceptors (Lipinski definition) is 4. The van der Waals surface area contributed by atoms with E-state index in [9.17, 15) is 4.79 Å². The second-order valence-electron chi connectivity index (χ2n) is 6.23. The molecule has 3 aromatic rings. The Hall–Kier alpha value is -2.31. The maximum Gasteiger partial charge on any atom is 0.238 e. The first-order valence-electron chi connectivity index (χ1n) is 8.38. The molecule has 4 rings (SSSR count). The van der Waals surface area contributed by atoms with E-state index in [4.69, 9.17) is 0 Å². The van der Waals surface area contributed by atoms with Crippen molar-refractivity contribution < 1.29 is 4.79 Å². The number of H-pyrrole nitrogens is 1. The van der Waals surface area contributed by atoms with E-state index in [1.54, 1.807) is 6.20 Å². The summed E-state index contributed by atoms with van der Waals surface area (Å²) < 4.78 is 0. The number of benzene rings is 2. The van der Waals surface area contributed by atoms with Crippen LogP contribution < -0.4 is 10.6 Å². The van der Waals surface area contributed by atoms with Gasteiger partial charge in [0.15, 0.2) is 0 Å². The molecule has 3 N–H and O–H groups in total. The molecule has 0 radical (unpaired) electrons. The van der Waals surface area contributed by atoms with Crippen molar-refractivity contribution in [2.24, 2.45) is 0 Å². The Morgan fingerprint density at radius 3 is 2.96 bits per heavy atom. The van der Waals surface area contributed by atoms with Gasteiger partial charge in [-0.05, 0) is 23.3 Å². The van der Waals surface area contributed by atoms with Crippen LogP contribution in [0.25, 0.3) is 10.9 Å². The van der Waals surface area contributed by atoms with Crippen molar-refractivity contribution >= 4 is 28.6 Å². The third-order valence-corrected chi connectivity index (χ3v) is 5.60. The molecule has 128 valence electrons. The molecular formula is C19H20N4OS. The van der Waals surface area contributed by atoms with Gasteiger partial charge < -0.3 is 5.32 Å². The minimum absolute atomic E-state index is 0.0559. The van der Waals surface area contributed by atoms with Crippen molar-refractivity contribution in [1.29, 1.82) is 0 Å². The lowest BCUT2D eigenvalue weighted by atomic mass is 10.1. The number of carbonyl (C=O) groups excluding carboxylic acids is 1. The number of rotatable bonds is 4. The zero-order valence-corrected chi connectivity index (χ0v) is 14.6. The number of nitrogens with one attached hydrogen (secondary N) is 3.